The third-order valence-corrected chi connectivity index (χ3v) is 3.43. The van der Waals surface area contributed by atoms with E-state index in [1.54, 1.807) is 25.7 Å². The van der Waals surface area contributed by atoms with Gasteiger partial charge in [0, 0.05) is 35.2 Å². The lowest BCUT2D eigenvalue weighted by Gasteiger charge is -2.13. The number of pyridine rings is 2. The van der Waals surface area contributed by atoms with Gasteiger partial charge >= 0.3 is 0 Å². The van der Waals surface area contributed by atoms with E-state index in [9.17, 15) is 0 Å². The van der Waals surface area contributed by atoms with E-state index < -0.39 is 0 Å². The smallest absolute Gasteiger partial charge is 0.121 e. The molecule has 1 N–H and O–H groups in total. The van der Waals surface area contributed by atoms with E-state index in [1.165, 1.54) is 0 Å². The predicted octanol–water partition coefficient (Wildman–Crippen LogP) is 4.38. The van der Waals surface area contributed by atoms with Gasteiger partial charge < -0.3 is 10.1 Å². The summed E-state index contributed by atoms with van der Waals surface area (Å²) in [5, 5.41) is 4.47. The van der Waals surface area contributed by atoms with Crippen LogP contribution in [0, 0.1) is 0 Å². The van der Waals surface area contributed by atoms with Gasteiger partial charge in [-0.3, -0.25) is 9.97 Å². The van der Waals surface area contributed by atoms with Crippen molar-refractivity contribution in [2.45, 2.75) is 6.92 Å². The zero-order valence-corrected chi connectivity index (χ0v) is 12.6. The molecule has 2 heterocycles. The third-order valence-electron chi connectivity index (χ3n) is 3.43. The second-order valence-corrected chi connectivity index (χ2v) is 4.82. The molecule has 0 unspecified atom stereocenters. The molecule has 22 heavy (non-hydrogen) atoms. The Balaban J connectivity index is 2.14. The minimum absolute atomic E-state index is 0.837. The number of allylic oxidation sites excluding steroid dienone is 1. The molecule has 0 spiro atoms. The zero-order chi connectivity index (χ0) is 15.4. The molecule has 0 aliphatic rings. The molecule has 0 aliphatic carbocycles. The van der Waals surface area contributed by atoms with Gasteiger partial charge in [-0.05, 0) is 43.3 Å². The Kier molecular flexibility index (Phi) is 4.01. The van der Waals surface area contributed by atoms with Crippen LogP contribution in [0.1, 0.15) is 12.5 Å². The van der Waals surface area contributed by atoms with Crippen molar-refractivity contribution in [3.8, 4) is 0 Å². The lowest BCUT2D eigenvalue weighted by atomic mass is 10.1. The van der Waals surface area contributed by atoms with Gasteiger partial charge in [-0.2, -0.15) is 0 Å². The van der Waals surface area contributed by atoms with E-state index in [2.05, 4.69) is 27.4 Å². The standard InChI is InChI=1S/C18H17N3O/c1-3-17(22-2)14-11-13-5-4-8-20-18(13)16(12-14)21-15-6-9-19-10-7-15/h3-12H,1-2H3,(H,19,21)/b17-3-. The molecule has 0 bridgehead atoms. The topological polar surface area (TPSA) is 47.0 Å². The molecule has 0 saturated heterocycles. The molecular weight excluding hydrogens is 274 g/mol. The Morgan fingerprint density at radius 1 is 1.14 bits per heavy atom. The maximum absolute atomic E-state index is 5.44. The number of methoxy groups -OCH3 is 1. The molecule has 0 amide bonds. The number of ether oxygens (including phenoxy) is 1. The van der Waals surface area contributed by atoms with E-state index in [1.807, 2.05) is 37.3 Å². The van der Waals surface area contributed by atoms with E-state index in [0.29, 0.717) is 0 Å². The number of anilines is 2. The van der Waals surface area contributed by atoms with Gasteiger partial charge in [-0.1, -0.05) is 6.07 Å². The van der Waals surface area contributed by atoms with E-state index >= 15 is 0 Å². The Morgan fingerprint density at radius 2 is 1.95 bits per heavy atom. The van der Waals surface area contributed by atoms with Crippen LogP contribution in [0.3, 0.4) is 0 Å². The lowest BCUT2D eigenvalue weighted by Crippen LogP contribution is -1.96. The fourth-order valence-electron chi connectivity index (χ4n) is 2.42. The van der Waals surface area contributed by atoms with Gasteiger partial charge in [0.2, 0.25) is 0 Å². The highest BCUT2D eigenvalue weighted by Gasteiger charge is 2.09. The average molecular weight is 291 g/mol. The first-order valence-electron chi connectivity index (χ1n) is 7.08. The average Bonchev–Trinajstić information content (AvgIpc) is 2.57. The molecule has 0 fully saturated rings. The Morgan fingerprint density at radius 3 is 2.68 bits per heavy atom. The summed E-state index contributed by atoms with van der Waals surface area (Å²) < 4.78 is 5.44. The summed E-state index contributed by atoms with van der Waals surface area (Å²) in [5.74, 6) is 0.837. The van der Waals surface area contributed by atoms with Gasteiger partial charge in [-0.25, -0.2) is 0 Å². The van der Waals surface area contributed by atoms with Crippen LogP contribution in [0.5, 0.6) is 0 Å². The number of aromatic nitrogens is 2. The molecule has 0 radical (unpaired) electrons. The van der Waals surface area contributed by atoms with Crippen LogP contribution >= 0.6 is 0 Å². The van der Waals surface area contributed by atoms with Crippen LogP contribution in [0.4, 0.5) is 11.4 Å². The summed E-state index contributed by atoms with van der Waals surface area (Å²) in [6.45, 7) is 1.96. The Hall–Kier alpha value is -2.88. The number of hydrogen-bond acceptors (Lipinski definition) is 4. The molecule has 3 rings (SSSR count). The van der Waals surface area contributed by atoms with Crippen LogP contribution in [-0.2, 0) is 4.74 Å². The number of benzene rings is 1. The van der Waals surface area contributed by atoms with Crippen molar-refractivity contribution in [2.24, 2.45) is 0 Å². The van der Waals surface area contributed by atoms with Gasteiger partial charge in [0.05, 0.1) is 18.3 Å². The lowest BCUT2D eigenvalue weighted by molar-refractivity contribution is 0.369. The summed E-state index contributed by atoms with van der Waals surface area (Å²) in [4.78, 5) is 8.53. The van der Waals surface area contributed by atoms with E-state index in [0.717, 1.165) is 33.6 Å². The highest BCUT2D eigenvalue weighted by Crippen LogP contribution is 2.29. The molecule has 1 aromatic carbocycles. The Labute approximate surface area is 129 Å². The van der Waals surface area contributed by atoms with Crippen LogP contribution in [0.15, 0.2) is 61.1 Å². The molecule has 3 aromatic rings. The van der Waals surface area contributed by atoms with Crippen molar-refractivity contribution in [3.63, 3.8) is 0 Å². The normalized spacial score (nSPS) is 11.5. The van der Waals surface area contributed by atoms with Gasteiger partial charge in [0.1, 0.15) is 5.76 Å². The second-order valence-electron chi connectivity index (χ2n) is 4.82. The maximum Gasteiger partial charge on any atom is 0.121 e. The first-order chi connectivity index (χ1) is 10.8. The molecule has 0 saturated carbocycles. The summed E-state index contributed by atoms with van der Waals surface area (Å²) in [6.07, 6.45) is 7.27. The van der Waals surface area contributed by atoms with Gasteiger partial charge in [0.15, 0.2) is 0 Å². The highest BCUT2D eigenvalue weighted by atomic mass is 16.5. The molecule has 2 aromatic heterocycles. The van der Waals surface area contributed by atoms with Crippen LogP contribution in [0.25, 0.3) is 16.7 Å². The predicted molar refractivity (Wildman–Crippen MR) is 89.9 cm³/mol. The first kappa shape index (κ1) is 14.1. The van der Waals surface area contributed by atoms with Crippen molar-refractivity contribution in [1.29, 1.82) is 0 Å². The quantitative estimate of drug-likeness (QED) is 0.725. The van der Waals surface area contributed by atoms with Crippen LogP contribution in [-0.4, -0.2) is 17.1 Å². The molecule has 0 aliphatic heterocycles. The monoisotopic (exact) mass is 291 g/mol. The van der Waals surface area contributed by atoms with Crippen molar-refractivity contribution >= 4 is 28.0 Å². The first-order valence-corrected chi connectivity index (χ1v) is 7.08. The largest absolute Gasteiger partial charge is 0.496 e. The minimum atomic E-state index is 0.837. The summed E-state index contributed by atoms with van der Waals surface area (Å²) in [6, 6.07) is 12.0. The molecule has 4 heteroatoms. The van der Waals surface area contributed by atoms with Crippen LogP contribution < -0.4 is 5.32 Å². The van der Waals surface area contributed by atoms with Crippen molar-refractivity contribution in [2.75, 3.05) is 12.4 Å². The highest BCUT2D eigenvalue weighted by molar-refractivity contribution is 5.94. The molecule has 110 valence electrons. The SMILES string of the molecule is C/C=C(\OC)c1cc(Nc2ccncc2)c2ncccc2c1. The second kappa shape index (κ2) is 6.26. The number of nitrogens with zero attached hydrogens (tertiary/aromatic N) is 2. The summed E-state index contributed by atoms with van der Waals surface area (Å²) in [5.41, 5.74) is 3.85. The zero-order valence-electron chi connectivity index (χ0n) is 12.6. The van der Waals surface area contributed by atoms with Crippen LogP contribution in [0.2, 0.25) is 0 Å². The molecular formula is C18H17N3O. The van der Waals surface area contributed by atoms with Crippen molar-refractivity contribution < 1.29 is 4.74 Å². The van der Waals surface area contributed by atoms with Gasteiger partial charge in [-0.15, -0.1) is 0 Å². The molecule has 4 nitrogen and oxygen atoms in total. The van der Waals surface area contributed by atoms with Gasteiger partial charge in [0.25, 0.3) is 0 Å². The number of nitrogens with one attached hydrogen (secondary N) is 1. The fraction of sp³-hybridized carbons (Fsp3) is 0.111. The molecule has 0 atom stereocenters. The van der Waals surface area contributed by atoms with Crippen molar-refractivity contribution in [3.05, 3.63) is 66.6 Å². The number of fused-ring (bicyclic) bond motifs is 1. The fourth-order valence-corrected chi connectivity index (χ4v) is 2.42. The number of hydrogen-bond donors (Lipinski definition) is 1. The van der Waals surface area contributed by atoms with E-state index in [4.69, 9.17) is 4.74 Å². The maximum atomic E-state index is 5.44. The third kappa shape index (κ3) is 2.76. The summed E-state index contributed by atoms with van der Waals surface area (Å²) >= 11 is 0. The Bertz CT molecular complexity index is 813. The minimum Gasteiger partial charge on any atom is -0.496 e. The van der Waals surface area contributed by atoms with Crippen molar-refractivity contribution in [1.82, 2.24) is 9.97 Å². The summed E-state index contributed by atoms with van der Waals surface area (Å²) in [7, 11) is 1.68. The van der Waals surface area contributed by atoms with E-state index in [-0.39, 0.29) is 0 Å². The number of rotatable bonds is 4.